The zero-order valence-corrected chi connectivity index (χ0v) is 11.2. The monoisotopic (exact) mass is 237 g/mol. The molecule has 0 amide bonds. The molecule has 0 fully saturated rings. The Morgan fingerprint density at radius 3 is 2.47 bits per heavy atom. The lowest BCUT2D eigenvalue weighted by atomic mass is 10.1. The van der Waals surface area contributed by atoms with Gasteiger partial charge in [-0.3, -0.25) is 4.79 Å². The second-order valence-electron chi connectivity index (χ2n) is 4.90. The molecular weight excluding hydrogens is 214 g/mol. The predicted octanol–water partition coefficient (Wildman–Crippen LogP) is 0.992. The lowest BCUT2D eigenvalue weighted by Gasteiger charge is -2.18. The summed E-state index contributed by atoms with van der Waals surface area (Å²) in [5, 5.41) is 0. The Bertz CT molecular complexity index is 421. The number of nitrogens with two attached hydrogens (primary N) is 1. The van der Waals surface area contributed by atoms with Gasteiger partial charge in [0.2, 0.25) is 0 Å². The van der Waals surface area contributed by atoms with Crippen LogP contribution in [0.3, 0.4) is 0 Å². The molecule has 0 aromatic carbocycles. The molecule has 0 saturated carbocycles. The molecule has 4 heteroatoms. The standard InChI is InChI=1S/C13H23N3O/c1-10(2)12-6-5-11(9-14)13(17)16(12)8-7-15(3)4/h5-6,10H,7-9,14H2,1-4H3. The quantitative estimate of drug-likeness (QED) is 0.831. The number of nitrogens with zero attached hydrogens (tertiary/aromatic N) is 2. The van der Waals surface area contributed by atoms with E-state index in [1.54, 1.807) is 0 Å². The smallest absolute Gasteiger partial charge is 0.255 e. The van der Waals surface area contributed by atoms with Gasteiger partial charge >= 0.3 is 0 Å². The first-order valence-corrected chi connectivity index (χ1v) is 6.04. The molecule has 96 valence electrons. The first-order valence-electron chi connectivity index (χ1n) is 6.04. The van der Waals surface area contributed by atoms with Crippen LogP contribution in [-0.4, -0.2) is 30.1 Å². The molecule has 0 aliphatic carbocycles. The molecule has 0 radical (unpaired) electrons. The van der Waals surface area contributed by atoms with Gasteiger partial charge in [0.25, 0.3) is 5.56 Å². The first-order chi connectivity index (χ1) is 7.97. The largest absolute Gasteiger partial charge is 0.326 e. The summed E-state index contributed by atoms with van der Waals surface area (Å²) in [6.45, 7) is 6.08. The average Bonchev–Trinajstić information content (AvgIpc) is 2.26. The van der Waals surface area contributed by atoms with Crippen LogP contribution in [0.4, 0.5) is 0 Å². The Balaban J connectivity index is 3.16. The van der Waals surface area contributed by atoms with E-state index in [4.69, 9.17) is 5.73 Å². The Labute approximate surface area is 103 Å². The number of aromatic nitrogens is 1. The molecule has 0 unspecified atom stereocenters. The van der Waals surface area contributed by atoms with Crippen molar-refractivity contribution in [3.8, 4) is 0 Å². The maximum atomic E-state index is 12.2. The first kappa shape index (κ1) is 13.9. The molecule has 0 saturated heterocycles. The Morgan fingerprint density at radius 1 is 1.35 bits per heavy atom. The maximum absolute atomic E-state index is 12.2. The molecule has 1 rings (SSSR count). The van der Waals surface area contributed by atoms with E-state index < -0.39 is 0 Å². The zero-order valence-electron chi connectivity index (χ0n) is 11.2. The van der Waals surface area contributed by atoms with Crippen LogP contribution in [0, 0.1) is 0 Å². The zero-order chi connectivity index (χ0) is 13.0. The van der Waals surface area contributed by atoms with E-state index in [1.165, 1.54) is 0 Å². The van der Waals surface area contributed by atoms with E-state index in [0.717, 1.165) is 12.2 Å². The van der Waals surface area contributed by atoms with Gasteiger partial charge in [0.05, 0.1) is 0 Å². The van der Waals surface area contributed by atoms with Gasteiger partial charge in [0, 0.05) is 30.9 Å². The predicted molar refractivity (Wildman–Crippen MR) is 71.2 cm³/mol. The fourth-order valence-corrected chi connectivity index (χ4v) is 1.83. The second-order valence-corrected chi connectivity index (χ2v) is 4.90. The van der Waals surface area contributed by atoms with Crippen LogP contribution in [0.2, 0.25) is 0 Å². The molecule has 0 aliphatic rings. The number of likely N-dealkylation sites (N-methyl/N-ethyl adjacent to an activating group) is 1. The lowest BCUT2D eigenvalue weighted by Crippen LogP contribution is -2.32. The highest BCUT2D eigenvalue weighted by Gasteiger charge is 2.10. The average molecular weight is 237 g/mol. The number of hydrogen-bond donors (Lipinski definition) is 1. The molecule has 2 N–H and O–H groups in total. The van der Waals surface area contributed by atoms with E-state index in [0.29, 0.717) is 24.6 Å². The minimum absolute atomic E-state index is 0.0561. The summed E-state index contributed by atoms with van der Waals surface area (Å²) in [7, 11) is 4.01. The van der Waals surface area contributed by atoms with Crippen molar-refractivity contribution in [3.05, 3.63) is 33.7 Å². The van der Waals surface area contributed by atoms with Crippen LogP contribution in [0.1, 0.15) is 31.0 Å². The highest BCUT2D eigenvalue weighted by Crippen LogP contribution is 2.12. The van der Waals surface area contributed by atoms with E-state index in [1.807, 2.05) is 30.8 Å². The van der Waals surface area contributed by atoms with E-state index in [2.05, 4.69) is 18.7 Å². The summed E-state index contributed by atoms with van der Waals surface area (Å²) >= 11 is 0. The third-order valence-electron chi connectivity index (χ3n) is 2.87. The molecule has 4 nitrogen and oxygen atoms in total. The molecule has 0 aliphatic heterocycles. The number of rotatable bonds is 5. The fourth-order valence-electron chi connectivity index (χ4n) is 1.83. The molecule has 1 heterocycles. The fraction of sp³-hybridized carbons (Fsp3) is 0.615. The van der Waals surface area contributed by atoms with Crippen LogP contribution < -0.4 is 11.3 Å². The molecule has 17 heavy (non-hydrogen) atoms. The SMILES string of the molecule is CC(C)c1ccc(CN)c(=O)n1CCN(C)C. The Kier molecular flexibility index (Phi) is 4.90. The third-order valence-corrected chi connectivity index (χ3v) is 2.87. The van der Waals surface area contributed by atoms with E-state index in [-0.39, 0.29) is 5.56 Å². The van der Waals surface area contributed by atoms with Gasteiger partial charge in [0.1, 0.15) is 0 Å². The van der Waals surface area contributed by atoms with Gasteiger partial charge in [-0.25, -0.2) is 0 Å². The number of pyridine rings is 1. The highest BCUT2D eigenvalue weighted by atomic mass is 16.1. The lowest BCUT2D eigenvalue weighted by molar-refractivity contribution is 0.375. The molecular formula is C13H23N3O. The van der Waals surface area contributed by atoms with Gasteiger partial charge in [-0.1, -0.05) is 19.9 Å². The summed E-state index contributed by atoms with van der Waals surface area (Å²) in [6, 6.07) is 3.87. The van der Waals surface area contributed by atoms with Crippen LogP contribution >= 0.6 is 0 Å². The summed E-state index contributed by atoms with van der Waals surface area (Å²) in [5.41, 5.74) is 7.40. The molecule has 0 bridgehead atoms. The van der Waals surface area contributed by atoms with E-state index in [9.17, 15) is 4.79 Å². The van der Waals surface area contributed by atoms with Crippen LogP contribution in [0.25, 0.3) is 0 Å². The molecule has 0 spiro atoms. The van der Waals surface area contributed by atoms with Crippen LogP contribution in [0.5, 0.6) is 0 Å². The van der Waals surface area contributed by atoms with Crippen LogP contribution in [0.15, 0.2) is 16.9 Å². The molecule has 1 aromatic heterocycles. The minimum Gasteiger partial charge on any atom is -0.326 e. The van der Waals surface area contributed by atoms with Crippen molar-refractivity contribution in [2.24, 2.45) is 5.73 Å². The molecule has 1 aromatic rings. The molecule has 0 atom stereocenters. The summed E-state index contributed by atoms with van der Waals surface area (Å²) in [5.74, 6) is 0.344. The van der Waals surface area contributed by atoms with Crippen molar-refractivity contribution >= 4 is 0 Å². The minimum atomic E-state index is 0.0561. The Hall–Kier alpha value is -1.13. The van der Waals surface area contributed by atoms with Crippen LogP contribution in [-0.2, 0) is 13.1 Å². The van der Waals surface area contributed by atoms with Crippen molar-refractivity contribution < 1.29 is 0 Å². The maximum Gasteiger partial charge on any atom is 0.255 e. The van der Waals surface area contributed by atoms with Gasteiger partial charge in [-0.05, 0) is 26.1 Å². The van der Waals surface area contributed by atoms with Gasteiger partial charge < -0.3 is 15.2 Å². The van der Waals surface area contributed by atoms with Gasteiger partial charge in [0.15, 0.2) is 0 Å². The van der Waals surface area contributed by atoms with Crippen molar-refractivity contribution in [2.45, 2.75) is 32.9 Å². The van der Waals surface area contributed by atoms with Crippen molar-refractivity contribution in [1.29, 1.82) is 0 Å². The normalized spacial score (nSPS) is 11.5. The summed E-state index contributed by atoms with van der Waals surface area (Å²) in [4.78, 5) is 14.3. The van der Waals surface area contributed by atoms with Crippen molar-refractivity contribution in [3.63, 3.8) is 0 Å². The second kappa shape index (κ2) is 5.98. The van der Waals surface area contributed by atoms with Crippen molar-refractivity contribution in [2.75, 3.05) is 20.6 Å². The highest BCUT2D eigenvalue weighted by molar-refractivity contribution is 5.18. The van der Waals surface area contributed by atoms with Gasteiger partial charge in [-0.15, -0.1) is 0 Å². The summed E-state index contributed by atoms with van der Waals surface area (Å²) < 4.78 is 1.85. The Morgan fingerprint density at radius 2 is 2.00 bits per heavy atom. The summed E-state index contributed by atoms with van der Waals surface area (Å²) in [6.07, 6.45) is 0. The van der Waals surface area contributed by atoms with Gasteiger partial charge in [-0.2, -0.15) is 0 Å². The van der Waals surface area contributed by atoms with E-state index >= 15 is 0 Å². The number of hydrogen-bond acceptors (Lipinski definition) is 3. The topological polar surface area (TPSA) is 51.3 Å². The third kappa shape index (κ3) is 3.41. The van der Waals surface area contributed by atoms with Crippen molar-refractivity contribution in [1.82, 2.24) is 9.47 Å².